The van der Waals surface area contributed by atoms with Crippen LogP contribution in [0.5, 0.6) is 5.75 Å². The second-order valence-electron chi connectivity index (χ2n) is 6.53. The van der Waals surface area contributed by atoms with Gasteiger partial charge in [0.15, 0.2) is 10.1 Å². The zero-order chi connectivity index (χ0) is 22.2. The molecule has 1 amide bonds. The molecule has 0 fully saturated rings. The molecular weight excluding hydrogens is 480 g/mol. The summed E-state index contributed by atoms with van der Waals surface area (Å²) in [6.45, 7) is 2.62. The number of carbonyl (C=O) groups excluding carboxylic acids is 1. The van der Waals surface area contributed by atoms with E-state index >= 15 is 0 Å². The fourth-order valence-corrected chi connectivity index (χ4v) is 4.93. The highest BCUT2D eigenvalue weighted by Gasteiger charge is 2.16. The monoisotopic (exact) mass is 499 g/mol. The summed E-state index contributed by atoms with van der Waals surface area (Å²) < 4.78 is 20.0. The van der Waals surface area contributed by atoms with E-state index in [1.165, 1.54) is 41.3 Å². The Labute approximate surface area is 198 Å². The molecule has 0 aliphatic heterocycles. The van der Waals surface area contributed by atoms with Gasteiger partial charge in [0.05, 0.1) is 16.7 Å². The van der Waals surface area contributed by atoms with Crippen LogP contribution in [0.25, 0.3) is 0 Å². The molecular formula is C21H20Cl2FN3O2S2. The minimum Gasteiger partial charge on any atom is -0.490 e. The number of halogens is 3. The number of benzene rings is 2. The van der Waals surface area contributed by atoms with Gasteiger partial charge >= 0.3 is 0 Å². The van der Waals surface area contributed by atoms with Gasteiger partial charge in [-0.15, -0.1) is 10.2 Å². The molecule has 0 radical (unpaired) electrons. The van der Waals surface area contributed by atoms with E-state index in [0.29, 0.717) is 33.1 Å². The first-order valence-corrected chi connectivity index (χ1v) is 12.2. The molecule has 1 heterocycles. The summed E-state index contributed by atoms with van der Waals surface area (Å²) >= 11 is 15.1. The molecule has 0 atom stereocenters. The Hall–Kier alpha value is -1.87. The van der Waals surface area contributed by atoms with Gasteiger partial charge in [-0.3, -0.25) is 10.1 Å². The van der Waals surface area contributed by atoms with Gasteiger partial charge in [-0.1, -0.05) is 84.3 Å². The second-order valence-corrected chi connectivity index (χ2v) is 9.55. The van der Waals surface area contributed by atoms with Crippen molar-refractivity contribution in [1.82, 2.24) is 10.2 Å². The minimum absolute atomic E-state index is 0.264. The molecule has 1 N–H and O–H groups in total. The fraction of sp³-hybridized carbons (Fsp3) is 0.286. The average Bonchev–Trinajstić information content (AvgIpc) is 3.19. The van der Waals surface area contributed by atoms with Crippen molar-refractivity contribution in [3.8, 4) is 5.75 Å². The summed E-state index contributed by atoms with van der Waals surface area (Å²) in [5, 5.41) is 11.5. The van der Waals surface area contributed by atoms with Crippen LogP contribution < -0.4 is 10.1 Å². The van der Waals surface area contributed by atoms with Crippen LogP contribution in [0.2, 0.25) is 10.0 Å². The number of nitrogens with one attached hydrogen (secondary N) is 1. The van der Waals surface area contributed by atoms with Crippen molar-refractivity contribution in [3.63, 3.8) is 0 Å². The number of anilines is 1. The number of unbranched alkanes of at least 4 members (excludes halogenated alkanes) is 2. The molecule has 3 rings (SSSR count). The summed E-state index contributed by atoms with van der Waals surface area (Å²) in [5.41, 5.74) is 0.862. The Bertz CT molecular complexity index is 1030. The first-order chi connectivity index (χ1) is 15.0. The summed E-state index contributed by atoms with van der Waals surface area (Å²) in [5.74, 6) is 0.113. The van der Waals surface area contributed by atoms with E-state index in [1.807, 2.05) is 0 Å². The SMILES string of the molecule is CCCCCOc1c(Cl)cc(C(=O)Nc2nnc(SCc3ccccc3F)s2)cc1Cl. The average molecular weight is 500 g/mol. The van der Waals surface area contributed by atoms with Crippen molar-refractivity contribution < 1.29 is 13.9 Å². The smallest absolute Gasteiger partial charge is 0.257 e. The highest BCUT2D eigenvalue weighted by Crippen LogP contribution is 2.35. The molecule has 0 spiro atoms. The van der Waals surface area contributed by atoms with Crippen LogP contribution in [0.15, 0.2) is 40.7 Å². The predicted octanol–water partition coefficient (Wildman–Crippen LogP) is 7.10. The minimum atomic E-state index is -0.414. The van der Waals surface area contributed by atoms with Crippen molar-refractivity contribution >= 4 is 57.3 Å². The van der Waals surface area contributed by atoms with Crippen LogP contribution in [-0.2, 0) is 5.75 Å². The largest absolute Gasteiger partial charge is 0.490 e. The summed E-state index contributed by atoms with van der Waals surface area (Å²) in [7, 11) is 0. The second kappa shape index (κ2) is 11.7. The first kappa shape index (κ1) is 23.8. The third-order valence-electron chi connectivity index (χ3n) is 4.19. The van der Waals surface area contributed by atoms with Crippen molar-refractivity contribution in [2.24, 2.45) is 0 Å². The number of ether oxygens (including phenoxy) is 1. The highest BCUT2D eigenvalue weighted by atomic mass is 35.5. The maximum Gasteiger partial charge on any atom is 0.257 e. The van der Waals surface area contributed by atoms with Crippen LogP contribution in [0, 0.1) is 5.82 Å². The molecule has 164 valence electrons. The number of hydrogen-bond acceptors (Lipinski definition) is 6. The quantitative estimate of drug-likeness (QED) is 0.183. The maximum atomic E-state index is 13.7. The van der Waals surface area contributed by atoms with Gasteiger partial charge in [0.25, 0.3) is 5.91 Å². The third-order valence-corrected chi connectivity index (χ3v) is 6.77. The Morgan fingerprint density at radius 3 is 2.65 bits per heavy atom. The number of carbonyl (C=O) groups is 1. The summed E-state index contributed by atoms with van der Waals surface area (Å²) in [4.78, 5) is 12.6. The number of thioether (sulfide) groups is 1. The van der Waals surface area contributed by atoms with Gasteiger partial charge in [-0.05, 0) is 30.2 Å². The van der Waals surface area contributed by atoms with Crippen molar-refractivity contribution in [1.29, 1.82) is 0 Å². The van der Waals surface area contributed by atoms with Gasteiger partial charge in [-0.25, -0.2) is 4.39 Å². The summed E-state index contributed by atoms with van der Waals surface area (Å²) in [6, 6.07) is 9.57. The van der Waals surface area contributed by atoms with Gasteiger partial charge in [0.1, 0.15) is 5.82 Å². The van der Waals surface area contributed by atoms with Crippen molar-refractivity contribution in [2.75, 3.05) is 11.9 Å². The van der Waals surface area contributed by atoms with Crippen LogP contribution in [0.3, 0.4) is 0 Å². The lowest BCUT2D eigenvalue weighted by Crippen LogP contribution is -2.12. The fourth-order valence-electron chi connectivity index (χ4n) is 2.60. The van der Waals surface area contributed by atoms with E-state index in [9.17, 15) is 9.18 Å². The first-order valence-electron chi connectivity index (χ1n) is 9.60. The normalized spacial score (nSPS) is 10.8. The molecule has 0 saturated carbocycles. The van der Waals surface area contributed by atoms with Gasteiger partial charge in [0.2, 0.25) is 5.13 Å². The number of rotatable bonds is 10. The van der Waals surface area contributed by atoms with Crippen molar-refractivity contribution in [3.05, 3.63) is 63.4 Å². The Kier molecular flexibility index (Phi) is 8.95. The molecule has 5 nitrogen and oxygen atoms in total. The third kappa shape index (κ3) is 6.80. The topological polar surface area (TPSA) is 64.1 Å². The molecule has 3 aromatic rings. The van der Waals surface area contributed by atoms with Crippen molar-refractivity contribution in [2.45, 2.75) is 36.3 Å². The molecule has 1 aromatic heterocycles. The number of nitrogens with zero attached hydrogens (tertiary/aromatic N) is 2. The van der Waals surface area contributed by atoms with Crippen LogP contribution >= 0.6 is 46.3 Å². The van der Waals surface area contributed by atoms with Crippen LogP contribution in [-0.4, -0.2) is 22.7 Å². The summed E-state index contributed by atoms with van der Waals surface area (Å²) in [6.07, 6.45) is 3.04. The van der Waals surface area contributed by atoms with E-state index in [2.05, 4.69) is 22.4 Å². The van der Waals surface area contributed by atoms with E-state index in [1.54, 1.807) is 18.2 Å². The highest BCUT2D eigenvalue weighted by molar-refractivity contribution is 8.00. The number of hydrogen-bond donors (Lipinski definition) is 1. The predicted molar refractivity (Wildman–Crippen MR) is 125 cm³/mol. The zero-order valence-electron chi connectivity index (χ0n) is 16.7. The van der Waals surface area contributed by atoms with Gasteiger partial charge in [-0.2, -0.15) is 0 Å². The molecule has 0 saturated heterocycles. The van der Waals surface area contributed by atoms with Crippen LogP contribution in [0.1, 0.15) is 42.1 Å². The molecule has 0 bridgehead atoms. The van der Waals surface area contributed by atoms with E-state index in [4.69, 9.17) is 27.9 Å². The number of aromatic nitrogens is 2. The molecule has 0 aliphatic rings. The van der Waals surface area contributed by atoms with E-state index < -0.39 is 5.91 Å². The molecule has 10 heteroatoms. The van der Waals surface area contributed by atoms with Crippen LogP contribution in [0.4, 0.5) is 9.52 Å². The Morgan fingerprint density at radius 1 is 1.19 bits per heavy atom. The Morgan fingerprint density at radius 2 is 1.94 bits per heavy atom. The van der Waals surface area contributed by atoms with E-state index in [-0.39, 0.29) is 21.4 Å². The van der Waals surface area contributed by atoms with E-state index in [0.717, 1.165) is 19.3 Å². The standard InChI is InChI=1S/C21H20Cl2FN3O2S2/c1-2-3-6-9-29-18-15(22)10-14(11-16(18)23)19(28)25-20-26-27-21(31-20)30-12-13-7-4-5-8-17(13)24/h4-5,7-8,10-11H,2-3,6,9,12H2,1H3,(H,25,26,28). The van der Waals surface area contributed by atoms with Gasteiger partial charge in [0, 0.05) is 11.3 Å². The maximum absolute atomic E-state index is 13.7. The molecule has 0 unspecified atom stereocenters. The molecule has 0 aliphatic carbocycles. The molecule has 31 heavy (non-hydrogen) atoms. The lowest BCUT2D eigenvalue weighted by Gasteiger charge is -2.11. The molecule has 2 aromatic carbocycles. The lowest BCUT2D eigenvalue weighted by molar-refractivity contribution is 0.102. The van der Waals surface area contributed by atoms with Gasteiger partial charge < -0.3 is 4.74 Å². The number of amides is 1. The Balaban J connectivity index is 1.59. The zero-order valence-corrected chi connectivity index (χ0v) is 19.8. The lowest BCUT2D eigenvalue weighted by atomic mass is 10.2.